The van der Waals surface area contributed by atoms with Crippen LogP contribution >= 0.6 is 0 Å². The SMILES string of the molecule is COc1ccc(CC(=O)N/N=C/c2ccc(OCc3ccccc3C#N)cc2)cc1. The van der Waals surface area contributed by atoms with Crippen molar-refractivity contribution in [3.05, 3.63) is 95.1 Å². The van der Waals surface area contributed by atoms with E-state index in [2.05, 4.69) is 16.6 Å². The maximum Gasteiger partial charge on any atom is 0.244 e. The van der Waals surface area contributed by atoms with Crippen LogP contribution in [-0.2, 0) is 17.8 Å². The molecule has 1 N–H and O–H groups in total. The average molecular weight is 399 g/mol. The number of methoxy groups -OCH3 is 1. The van der Waals surface area contributed by atoms with Gasteiger partial charge in [-0.1, -0.05) is 30.3 Å². The van der Waals surface area contributed by atoms with Crippen LogP contribution in [0.1, 0.15) is 22.3 Å². The first kappa shape index (κ1) is 20.6. The second-order valence-electron chi connectivity index (χ2n) is 6.44. The van der Waals surface area contributed by atoms with Gasteiger partial charge in [0.25, 0.3) is 0 Å². The van der Waals surface area contributed by atoms with Crippen molar-refractivity contribution in [2.45, 2.75) is 13.0 Å². The number of carbonyl (C=O) groups excluding carboxylic acids is 1. The first-order chi connectivity index (χ1) is 14.7. The molecule has 30 heavy (non-hydrogen) atoms. The van der Waals surface area contributed by atoms with Crippen molar-refractivity contribution in [1.29, 1.82) is 5.26 Å². The lowest BCUT2D eigenvalue weighted by Gasteiger charge is -2.07. The third kappa shape index (κ3) is 5.94. The van der Waals surface area contributed by atoms with E-state index in [1.54, 1.807) is 19.4 Å². The molecule has 0 atom stereocenters. The van der Waals surface area contributed by atoms with Gasteiger partial charge in [-0.2, -0.15) is 10.4 Å². The smallest absolute Gasteiger partial charge is 0.244 e. The number of nitriles is 1. The Morgan fingerprint density at radius 3 is 2.43 bits per heavy atom. The van der Waals surface area contributed by atoms with Crippen molar-refractivity contribution in [2.24, 2.45) is 5.10 Å². The summed E-state index contributed by atoms with van der Waals surface area (Å²) in [5.41, 5.74) is 5.66. The summed E-state index contributed by atoms with van der Waals surface area (Å²) in [5.74, 6) is 1.23. The molecule has 6 heteroatoms. The lowest BCUT2D eigenvalue weighted by atomic mass is 10.1. The van der Waals surface area contributed by atoms with Crippen molar-refractivity contribution < 1.29 is 14.3 Å². The van der Waals surface area contributed by atoms with Crippen LogP contribution < -0.4 is 14.9 Å². The molecule has 0 aliphatic carbocycles. The monoisotopic (exact) mass is 399 g/mol. The molecule has 0 saturated carbocycles. The molecule has 0 unspecified atom stereocenters. The lowest BCUT2D eigenvalue weighted by Crippen LogP contribution is -2.19. The highest BCUT2D eigenvalue weighted by Crippen LogP contribution is 2.15. The van der Waals surface area contributed by atoms with Crippen LogP contribution in [0.15, 0.2) is 77.9 Å². The topological polar surface area (TPSA) is 83.7 Å². The molecule has 0 spiro atoms. The highest BCUT2D eigenvalue weighted by molar-refractivity contribution is 5.83. The maximum absolute atomic E-state index is 12.0. The van der Waals surface area contributed by atoms with Gasteiger partial charge in [0.15, 0.2) is 0 Å². The quantitative estimate of drug-likeness (QED) is 0.461. The van der Waals surface area contributed by atoms with Gasteiger partial charge < -0.3 is 9.47 Å². The van der Waals surface area contributed by atoms with Gasteiger partial charge in [-0.05, 0) is 53.6 Å². The molecule has 0 aliphatic rings. The second-order valence-corrected chi connectivity index (χ2v) is 6.44. The summed E-state index contributed by atoms with van der Waals surface area (Å²) in [6.07, 6.45) is 1.80. The van der Waals surface area contributed by atoms with Crippen molar-refractivity contribution >= 4 is 12.1 Å². The molecule has 0 saturated heterocycles. The van der Waals surface area contributed by atoms with Crippen LogP contribution in [0.25, 0.3) is 0 Å². The van der Waals surface area contributed by atoms with Gasteiger partial charge in [0.05, 0.1) is 31.4 Å². The van der Waals surface area contributed by atoms with E-state index >= 15 is 0 Å². The Morgan fingerprint density at radius 1 is 1.03 bits per heavy atom. The summed E-state index contributed by atoms with van der Waals surface area (Å²) in [6, 6.07) is 24.1. The number of nitrogens with zero attached hydrogens (tertiary/aromatic N) is 2. The molecular formula is C24H21N3O3. The Kier molecular flexibility index (Phi) is 7.17. The zero-order chi connectivity index (χ0) is 21.2. The molecule has 150 valence electrons. The minimum atomic E-state index is -0.201. The van der Waals surface area contributed by atoms with Gasteiger partial charge in [0, 0.05) is 5.56 Å². The largest absolute Gasteiger partial charge is 0.497 e. The van der Waals surface area contributed by atoms with Gasteiger partial charge >= 0.3 is 0 Å². The first-order valence-corrected chi connectivity index (χ1v) is 9.33. The molecule has 3 aromatic rings. The second kappa shape index (κ2) is 10.4. The summed E-state index contributed by atoms with van der Waals surface area (Å²) >= 11 is 0. The zero-order valence-corrected chi connectivity index (χ0v) is 16.5. The van der Waals surface area contributed by atoms with Crippen LogP contribution in [0.4, 0.5) is 0 Å². The standard InChI is InChI=1S/C24H21N3O3/c1-29-22-10-6-18(7-11-22)14-24(28)27-26-16-19-8-12-23(13-9-19)30-17-21-5-3-2-4-20(21)15-25/h2-13,16H,14,17H2,1H3,(H,27,28)/b26-16+. The van der Waals surface area contributed by atoms with E-state index in [0.29, 0.717) is 17.9 Å². The Morgan fingerprint density at radius 2 is 1.73 bits per heavy atom. The fourth-order valence-electron chi connectivity index (χ4n) is 2.71. The van der Waals surface area contributed by atoms with Crippen LogP contribution in [0.2, 0.25) is 0 Å². The number of rotatable bonds is 8. The van der Waals surface area contributed by atoms with E-state index in [1.807, 2.05) is 66.7 Å². The lowest BCUT2D eigenvalue weighted by molar-refractivity contribution is -0.120. The number of nitrogens with one attached hydrogen (secondary N) is 1. The Labute approximate surface area is 175 Å². The minimum Gasteiger partial charge on any atom is -0.497 e. The highest BCUT2D eigenvalue weighted by Gasteiger charge is 2.03. The highest BCUT2D eigenvalue weighted by atomic mass is 16.5. The van der Waals surface area contributed by atoms with Crippen LogP contribution in [0, 0.1) is 11.3 Å². The van der Waals surface area contributed by atoms with E-state index in [-0.39, 0.29) is 12.3 Å². The summed E-state index contributed by atoms with van der Waals surface area (Å²) in [4.78, 5) is 12.0. The van der Waals surface area contributed by atoms with E-state index in [4.69, 9.17) is 14.7 Å². The number of benzene rings is 3. The molecule has 0 radical (unpaired) electrons. The number of amides is 1. The van der Waals surface area contributed by atoms with E-state index in [0.717, 1.165) is 22.4 Å². The van der Waals surface area contributed by atoms with Crippen molar-refractivity contribution in [3.63, 3.8) is 0 Å². The molecule has 0 bridgehead atoms. The fraction of sp³-hybridized carbons (Fsp3) is 0.125. The molecular weight excluding hydrogens is 378 g/mol. The average Bonchev–Trinajstić information content (AvgIpc) is 2.79. The van der Waals surface area contributed by atoms with Crippen LogP contribution in [0.5, 0.6) is 11.5 Å². The Hall–Kier alpha value is -4.11. The number of carbonyl (C=O) groups is 1. The van der Waals surface area contributed by atoms with Crippen LogP contribution in [-0.4, -0.2) is 19.2 Å². The fourth-order valence-corrected chi connectivity index (χ4v) is 2.71. The summed E-state index contributed by atoms with van der Waals surface area (Å²) in [6.45, 7) is 0.318. The van der Waals surface area contributed by atoms with Crippen LogP contribution in [0.3, 0.4) is 0 Å². The maximum atomic E-state index is 12.0. The summed E-state index contributed by atoms with van der Waals surface area (Å²) < 4.78 is 10.8. The number of hydrogen-bond donors (Lipinski definition) is 1. The van der Waals surface area contributed by atoms with E-state index in [9.17, 15) is 4.79 Å². The van der Waals surface area contributed by atoms with Crippen molar-refractivity contribution in [1.82, 2.24) is 5.43 Å². The Balaban J connectivity index is 1.48. The summed E-state index contributed by atoms with van der Waals surface area (Å²) in [5, 5.41) is 13.1. The first-order valence-electron chi connectivity index (χ1n) is 9.33. The molecule has 0 aromatic heterocycles. The molecule has 0 aliphatic heterocycles. The van der Waals surface area contributed by atoms with Crippen molar-refractivity contribution in [3.8, 4) is 17.6 Å². The predicted octanol–water partition coefficient (Wildman–Crippen LogP) is 3.84. The summed E-state index contributed by atoms with van der Waals surface area (Å²) in [7, 11) is 1.60. The van der Waals surface area contributed by atoms with E-state index in [1.165, 1.54) is 0 Å². The number of ether oxygens (including phenoxy) is 2. The van der Waals surface area contributed by atoms with Gasteiger partial charge in [-0.15, -0.1) is 0 Å². The Bertz CT molecular complexity index is 1050. The molecule has 0 heterocycles. The molecule has 3 aromatic carbocycles. The molecule has 1 amide bonds. The third-order valence-electron chi connectivity index (χ3n) is 4.34. The minimum absolute atomic E-state index is 0.201. The number of hydrogen-bond acceptors (Lipinski definition) is 5. The van der Waals surface area contributed by atoms with Gasteiger partial charge in [-0.25, -0.2) is 5.43 Å². The van der Waals surface area contributed by atoms with Gasteiger partial charge in [0.2, 0.25) is 5.91 Å². The van der Waals surface area contributed by atoms with E-state index < -0.39 is 0 Å². The molecule has 6 nitrogen and oxygen atoms in total. The van der Waals surface area contributed by atoms with Crippen molar-refractivity contribution in [2.75, 3.05) is 7.11 Å². The predicted molar refractivity (Wildman–Crippen MR) is 114 cm³/mol. The third-order valence-corrected chi connectivity index (χ3v) is 4.34. The normalized spacial score (nSPS) is 10.4. The molecule has 3 rings (SSSR count). The van der Waals surface area contributed by atoms with Gasteiger partial charge in [-0.3, -0.25) is 4.79 Å². The zero-order valence-electron chi connectivity index (χ0n) is 16.5. The van der Waals surface area contributed by atoms with Gasteiger partial charge in [0.1, 0.15) is 18.1 Å². The molecule has 0 fully saturated rings. The number of hydrazone groups is 1.